The Kier molecular flexibility index (Phi) is 4.29. The number of nitrogens with one attached hydrogen (secondary N) is 1. The number of hydrogen-bond donors (Lipinski definition) is 1. The smallest absolute Gasteiger partial charge is 0.275 e. The van der Waals surface area contributed by atoms with E-state index in [4.69, 9.17) is 0 Å². The largest absolute Gasteiger partial charge is 0.370 e. The molecule has 2 heterocycles. The van der Waals surface area contributed by atoms with Crippen LogP contribution in [0.15, 0.2) is 24.5 Å². The number of anilines is 1. The Morgan fingerprint density at radius 2 is 2.20 bits per heavy atom. The molecular weight excluding hydrogens is 258 g/mol. The molecule has 0 spiro atoms. The van der Waals surface area contributed by atoms with Gasteiger partial charge in [0.05, 0.1) is 11.0 Å². The van der Waals surface area contributed by atoms with Crippen LogP contribution >= 0.6 is 0 Å². The third-order valence-electron chi connectivity index (χ3n) is 2.86. The van der Waals surface area contributed by atoms with Crippen molar-refractivity contribution in [3.05, 3.63) is 34.6 Å². The second kappa shape index (κ2) is 6.14. The molecule has 106 valence electrons. The van der Waals surface area contributed by atoms with Gasteiger partial charge in [-0.2, -0.15) is 0 Å². The van der Waals surface area contributed by atoms with Crippen LogP contribution in [0.5, 0.6) is 0 Å². The number of nitro groups is 1. The van der Waals surface area contributed by atoms with Crippen molar-refractivity contribution in [2.75, 3.05) is 11.9 Å². The second-order valence-corrected chi connectivity index (χ2v) is 4.32. The van der Waals surface area contributed by atoms with Crippen molar-refractivity contribution in [3.63, 3.8) is 0 Å². The first-order valence-electron chi connectivity index (χ1n) is 6.57. The fourth-order valence-corrected chi connectivity index (χ4v) is 1.88. The Morgan fingerprint density at radius 3 is 2.85 bits per heavy atom. The summed E-state index contributed by atoms with van der Waals surface area (Å²) in [5, 5.41) is 14.1. The van der Waals surface area contributed by atoms with Crippen LogP contribution < -0.4 is 5.32 Å². The molecule has 0 radical (unpaired) electrons. The summed E-state index contributed by atoms with van der Waals surface area (Å²) in [6, 6.07) is 2.89. The summed E-state index contributed by atoms with van der Waals surface area (Å²) < 4.78 is 1.90. The first-order valence-corrected chi connectivity index (χ1v) is 6.57. The number of hydrogen-bond acceptors (Lipinski definition) is 5. The topological polar surface area (TPSA) is 85.9 Å². The fourth-order valence-electron chi connectivity index (χ4n) is 1.88. The zero-order chi connectivity index (χ0) is 14.5. The summed E-state index contributed by atoms with van der Waals surface area (Å²) in [7, 11) is 0. The van der Waals surface area contributed by atoms with E-state index in [0.717, 1.165) is 19.5 Å². The molecule has 0 fully saturated rings. The van der Waals surface area contributed by atoms with Gasteiger partial charge in [0, 0.05) is 31.5 Å². The van der Waals surface area contributed by atoms with E-state index in [1.165, 1.54) is 12.1 Å². The van der Waals surface area contributed by atoms with Gasteiger partial charge in [-0.05, 0) is 13.3 Å². The summed E-state index contributed by atoms with van der Waals surface area (Å²) in [4.78, 5) is 19.2. The van der Waals surface area contributed by atoms with Gasteiger partial charge < -0.3 is 9.88 Å². The Morgan fingerprint density at radius 1 is 1.40 bits per heavy atom. The molecule has 2 aromatic heterocycles. The molecule has 0 saturated carbocycles. The van der Waals surface area contributed by atoms with Crippen molar-refractivity contribution in [2.24, 2.45) is 0 Å². The van der Waals surface area contributed by atoms with E-state index in [0.29, 0.717) is 17.3 Å². The van der Waals surface area contributed by atoms with Gasteiger partial charge in [-0.1, -0.05) is 6.92 Å². The van der Waals surface area contributed by atoms with E-state index in [2.05, 4.69) is 15.3 Å². The van der Waals surface area contributed by atoms with Crippen LogP contribution in [0.3, 0.4) is 0 Å². The van der Waals surface area contributed by atoms with Crippen molar-refractivity contribution in [1.82, 2.24) is 14.5 Å². The molecule has 0 aliphatic carbocycles. The molecular formula is C13H17N5O2. The van der Waals surface area contributed by atoms with E-state index < -0.39 is 4.92 Å². The molecule has 0 amide bonds. The van der Waals surface area contributed by atoms with Gasteiger partial charge in [0.1, 0.15) is 11.5 Å². The Balaban J connectivity index is 2.46. The molecule has 0 unspecified atom stereocenters. The van der Waals surface area contributed by atoms with Crippen molar-refractivity contribution in [2.45, 2.75) is 26.8 Å². The van der Waals surface area contributed by atoms with Gasteiger partial charge in [0.25, 0.3) is 5.69 Å². The summed E-state index contributed by atoms with van der Waals surface area (Å²) >= 11 is 0. The van der Waals surface area contributed by atoms with Gasteiger partial charge in [0.2, 0.25) is 0 Å². The third kappa shape index (κ3) is 2.93. The first kappa shape index (κ1) is 14.0. The molecule has 0 aliphatic rings. The molecule has 7 heteroatoms. The second-order valence-electron chi connectivity index (χ2n) is 4.32. The number of aromatic nitrogens is 3. The zero-order valence-corrected chi connectivity index (χ0v) is 11.5. The maximum atomic E-state index is 11.0. The van der Waals surface area contributed by atoms with Crippen molar-refractivity contribution in [1.29, 1.82) is 0 Å². The Bertz CT molecular complexity index is 609. The Hall–Kier alpha value is -2.44. The molecule has 2 rings (SSSR count). The minimum absolute atomic E-state index is 0.0132. The minimum atomic E-state index is -0.415. The van der Waals surface area contributed by atoms with Crippen molar-refractivity contribution < 1.29 is 4.92 Å². The lowest BCUT2D eigenvalue weighted by Gasteiger charge is -2.08. The molecule has 0 atom stereocenters. The van der Waals surface area contributed by atoms with Crippen LogP contribution in [0.1, 0.15) is 20.3 Å². The van der Waals surface area contributed by atoms with Crippen molar-refractivity contribution in [3.8, 4) is 11.5 Å². The molecule has 0 aliphatic heterocycles. The maximum absolute atomic E-state index is 11.0. The first-order chi connectivity index (χ1) is 9.65. The minimum Gasteiger partial charge on any atom is -0.370 e. The fraction of sp³-hybridized carbons (Fsp3) is 0.385. The van der Waals surface area contributed by atoms with Crippen LogP contribution in [0.2, 0.25) is 0 Å². The lowest BCUT2D eigenvalue weighted by molar-refractivity contribution is -0.384. The van der Waals surface area contributed by atoms with Gasteiger partial charge in [-0.25, -0.2) is 9.97 Å². The maximum Gasteiger partial charge on any atom is 0.275 e. The number of rotatable bonds is 6. The zero-order valence-electron chi connectivity index (χ0n) is 11.5. The van der Waals surface area contributed by atoms with E-state index in [-0.39, 0.29) is 5.69 Å². The average molecular weight is 275 g/mol. The third-order valence-corrected chi connectivity index (χ3v) is 2.86. The lowest BCUT2D eigenvalue weighted by atomic mass is 10.3. The molecule has 20 heavy (non-hydrogen) atoms. The number of pyridine rings is 1. The van der Waals surface area contributed by atoms with E-state index in [1.807, 2.05) is 24.6 Å². The number of imidazole rings is 1. The van der Waals surface area contributed by atoms with Crippen LogP contribution in [0, 0.1) is 10.1 Å². The molecule has 0 aromatic carbocycles. The number of nitrogens with zero attached hydrogens (tertiary/aromatic N) is 4. The van der Waals surface area contributed by atoms with Crippen LogP contribution in [0.25, 0.3) is 11.5 Å². The molecule has 1 N–H and O–H groups in total. The quantitative estimate of drug-likeness (QED) is 0.647. The SMILES string of the molecule is CCCNc1cc([N+](=O)[O-])cc(-c2nccn2CC)n1. The lowest BCUT2D eigenvalue weighted by Crippen LogP contribution is -2.05. The monoisotopic (exact) mass is 275 g/mol. The van der Waals surface area contributed by atoms with Gasteiger partial charge in [-0.3, -0.25) is 10.1 Å². The molecule has 0 bridgehead atoms. The van der Waals surface area contributed by atoms with Crippen LogP contribution in [-0.2, 0) is 6.54 Å². The predicted octanol–water partition coefficient (Wildman–Crippen LogP) is 2.70. The summed E-state index contributed by atoms with van der Waals surface area (Å²) in [5.74, 6) is 1.14. The molecule has 2 aromatic rings. The highest BCUT2D eigenvalue weighted by Gasteiger charge is 2.15. The van der Waals surface area contributed by atoms with Crippen molar-refractivity contribution >= 4 is 11.5 Å². The summed E-state index contributed by atoms with van der Waals surface area (Å²) in [5.41, 5.74) is 0.518. The van der Waals surface area contributed by atoms with Gasteiger partial charge >= 0.3 is 0 Å². The van der Waals surface area contributed by atoms with Crippen LogP contribution in [-0.4, -0.2) is 26.0 Å². The Labute approximate surface area is 116 Å². The summed E-state index contributed by atoms with van der Waals surface area (Å²) in [6.45, 7) is 5.46. The van der Waals surface area contributed by atoms with Gasteiger partial charge in [-0.15, -0.1) is 0 Å². The summed E-state index contributed by atoms with van der Waals surface area (Å²) in [6.07, 6.45) is 4.41. The highest BCUT2D eigenvalue weighted by Crippen LogP contribution is 2.24. The van der Waals surface area contributed by atoms with E-state index in [9.17, 15) is 10.1 Å². The normalized spacial score (nSPS) is 10.5. The number of aryl methyl sites for hydroxylation is 1. The highest BCUT2D eigenvalue weighted by atomic mass is 16.6. The van der Waals surface area contributed by atoms with E-state index >= 15 is 0 Å². The standard InChI is InChI=1S/C13H17N5O2/c1-3-5-14-12-9-10(18(19)20)8-11(16-12)13-15-6-7-17(13)4-2/h6-9H,3-5H2,1-2H3,(H,14,16). The molecule has 7 nitrogen and oxygen atoms in total. The van der Waals surface area contributed by atoms with Gasteiger partial charge in [0.15, 0.2) is 5.82 Å². The average Bonchev–Trinajstić information content (AvgIpc) is 2.93. The van der Waals surface area contributed by atoms with E-state index in [1.54, 1.807) is 6.20 Å². The highest BCUT2D eigenvalue weighted by molar-refractivity contribution is 5.60. The molecule has 0 saturated heterocycles. The predicted molar refractivity (Wildman–Crippen MR) is 76.6 cm³/mol. The van der Waals surface area contributed by atoms with Crippen LogP contribution in [0.4, 0.5) is 11.5 Å².